The van der Waals surface area contributed by atoms with Crippen molar-refractivity contribution in [3.8, 4) is 0 Å². The van der Waals surface area contributed by atoms with E-state index in [2.05, 4.69) is 79.2 Å². The smallest absolute Gasteiger partial charge is 0.135 e. The summed E-state index contributed by atoms with van der Waals surface area (Å²) in [5.41, 5.74) is 7.11. The number of para-hydroxylation sites is 2. The molecule has 27 heavy (non-hydrogen) atoms. The number of hydrogen-bond acceptors (Lipinski definition) is 3. The van der Waals surface area contributed by atoms with Gasteiger partial charge in [-0.1, -0.05) is 36.4 Å². The quantitative estimate of drug-likeness (QED) is 0.425. The standard InChI is InChI=1S/C24H24N2O/c1-16-14-24-20(19-9-5-7-11-23(19)27-24)15-22(16)26-17(2)25(3)13-12-18-8-4-6-10-21(18)26/h4-11,14-15,17H,12-13H2,1-3H3. The van der Waals surface area contributed by atoms with E-state index in [0.29, 0.717) is 0 Å². The first-order chi connectivity index (χ1) is 13.1. The van der Waals surface area contributed by atoms with Crippen LogP contribution < -0.4 is 4.90 Å². The molecule has 1 aliphatic heterocycles. The van der Waals surface area contributed by atoms with Crippen LogP contribution in [0.5, 0.6) is 0 Å². The summed E-state index contributed by atoms with van der Waals surface area (Å²) in [6.07, 6.45) is 1.35. The topological polar surface area (TPSA) is 19.6 Å². The van der Waals surface area contributed by atoms with Gasteiger partial charge in [-0.3, -0.25) is 4.90 Å². The van der Waals surface area contributed by atoms with Gasteiger partial charge in [0.1, 0.15) is 11.2 Å². The number of likely N-dealkylation sites (N-methyl/N-ethyl adjacent to an activating group) is 1. The van der Waals surface area contributed by atoms with Crippen molar-refractivity contribution in [2.24, 2.45) is 0 Å². The van der Waals surface area contributed by atoms with Gasteiger partial charge < -0.3 is 9.32 Å². The van der Waals surface area contributed by atoms with Crippen molar-refractivity contribution in [2.45, 2.75) is 26.4 Å². The van der Waals surface area contributed by atoms with Crippen molar-refractivity contribution >= 4 is 33.3 Å². The molecule has 0 fully saturated rings. The molecular weight excluding hydrogens is 332 g/mol. The van der Waals surface area contributed by atoms with Gasteiger partial charge in [-0.25, -0.2) is 0 Å². The Labute approximate surface area is 159 Å². The van der Waals surface area contributed by atoms with Crippen LogP contribution in [0.4, 0.5) is 11.4 Å². The Hall–Kier alpha value is -2.78. The van der Waals surface area contributed by atoms with Crippen molar-refractivity contribution < 1.29 is 4.42 Å². The molecule has 3 aromatic carbocycles. The van der Waals surface area contributed by atoms with Crippen LogP contribution in [0, 0.1) is 6.92 Å². The summed E-state index contributed by atoms with van der Waals surface area (Å²) in [5, 5.41) is 2.36. The minimum atomic E-state index is 0.281. The number of benzene rings is 3. The summed E-state index contributed by atoms with van der Waals surface area (Å²) in [7, 11) is 2.21. The van der Waals surface area contributed by atoms with Gasteiger partial charge >= 0.3 is 0 Å². The highest BCUT2D eigenvalue weighted by Gasteiger charge is 2.27. The summed E-state index contributed by atoms with van der Waals surface area (Å²) in [4.78, 5) is 4.91. The summed E-state index contributed by atoms with van der Waals surface area (Å²) in [6.45, 7) is 5.53. The van der Waals surface area contributed by atoms with Crippen LogP contribution in [0.2, 0.25) is 0 Å². The summed E-state index contributed by atoms with van der Waals surface area (Å²) < 4.78 is 6.09. The van der Waals surface area contributed by atoms with Crippen LogP contribution in [0.15, 0.2) is 65.1 Å². The van der Waals surface area contributed by atoms with E-state index < -0.39 is 0 Å². The normalized spacial score (nSPS) is 18.0. The largest absolute Gasteiger partial charge is 0.456 e. The Kier molecular flexibility index (Phi) is 3.73. The van der Waals surface area contributed by atoms with Crippen molar-refractivity contribution in [2.75, 3.05) is 18.5 Å². The number of aryl methyl sites for hydroxylation is 1. The van der Waals surface area contributed by atoms with Gasteiger partial charge in [-0.15, -0.1) is 0 Å². The molecule has 0 spiro atoms. The molecule has 0 N–H and O–H groups in total. The van der Waals surface area contributed by atoms with E-state index in [9.17, 15) is 0 Å². The van der Waals surface area contributed by atoms with E-state index in [0.717, 1.165) is 24.1 Å². The fourth-order valence-electron chi connectivity index (χ4n) is 4.29. The SMILES string of the molecule is Cc1cc2oc3ccccc3c2cc1N1c2ccccc2CCN(C)C1C. The number of fused-ring (bicyclic) bond motifs is 4. The van der Waals surface area contributed by atoms with E-state index in [4.69, 9.17) is 4.42 Å². The average molecular weight is 356 g/mol. The molecule has 0 radical (unpaired) electrons. The molecule has 3 heteroatoms. The maximum Gasteiger partial charge on any atom is 0.135 e. The zero-order chi connectivity index (χ0) is 18.5. The summed E-state index contributed by atoms with van der Waals surface area (Å²) in [6, 6.07) is 21.6. The lowest BCUT2D eigenvalue weighted by atomic mass is 10.0. The Morgan fingerprint density at radius 3 is 2.56 bits per heavy atom. The highest BCUT2D eigenvalue weighted by atomic mass is 16.3. The highest BCUT2D eigenvalue weighted by Crippen LogP contribution is 2.40. The summed E-state index contributed by atoms with van der Waals surface area (Å²) >= 11 is 0. The first-order valence-electron chi connectivity index (χ1n) is 9.63. The predicted molar refractivity (Wildman–Crippen MR) is 113 cm³/mol. The molecule has 0 bridgehead atoms. The number of hydrogen-bond donors (Lipinski definition) is 0. The van der Waals surface area contributed by atoms with E-state index in [-0.39, 0.29) is 6.17 Å². The van der Waals surface area contributed by atoms with Crippen molar-refractivity contribution in [3.05, 3.63) is 71.8 Å². The zero-order valence-corrected chi connectivity index (χ0v) is 16.1. The van der Waals surface area contributed by atoms with Crippen LogP contribution in [0.25, 0.3) is 21.9 Å². The highest BCUT2D eigenvalue weighted by molar-refractivity contribution is 6.06. The molecule has 0 amide bonds. The number of rotatable bonds is 1. The van der Waals surface area contributed by atoms with Crippen molar-refractivity contribution in [1.29, 1.82) is 0 Å². The maximum atomic E-state index is 6.09. The second-order valence-electron chi connectivity index (χ2n) is 7.59. The van der Waals surface area contributed by atoms with Gasteiger partial charge in [-0.05, 0) is 62.7 Å². The molecule has 1 unspecified atom stereocenters. The van der Waals surface area contributed by atoms with Gasteiger partial charge in [0.15, 0.2) is 0 Å². The van der Waals surface area contributed by atoms with E-state index in [1.165, 1.54) is 33.3 Å². The zero-order valence-electron chi connectivity index (χ0n) is 16.1. The van der Waals surface area contributed by atoms with Crippen LogP contribution in [-0.4, -0.2) is 24.7 Å². The lowest BCUT2D eigenvalue weighted by Gasteiger charge is -2.36. The third kappa shape index (κ3) is 2.54. The molecule has 5 rings (SSSR count). The minimum absolute atomic E-state index is 0.281. The fraction of sp³-hybridized carbons (Fsp3) is 0.250. The van der Waals surface area contributed by atoms with Crippen LogP contribution >= 0.6 is 0 Å². The van der Waals surface area contributed by atoms with Crippen LogP contribution in [0.1, 0.15) is 18.1 Å². The molecule has 3 nitrogen and oxygen atoms in total. The van der Waals surface area contributed by atoms with Crippen molar-refractivity contribution in [3.63, 3.8) is 0 Å². The molecule has 0 saturated heterocycles. The molecule has 1 aliphatic rings. The maximum absolute atomic E-state index is 6.09. The monoisotopic (exact) mass is 356 g/mol. The first kappa shape index (κ1) is 16.4. The van der Waals surface area contributed by atoms with E-state index >= 15 is 0 Å². The van der Waals surface area contributed by atoms with Crippen molar-refractivity contribution in [1.82, 2.24) is 4.90 Å². The van der Waals surface area contributed by atoms with Crippen LogP contribution in [0.3, 0.4) is 0 Å². The Morgan fingerprint density at radius 1 is 0.889 bits per heavy atom. The molecule has 136 valence electrons. The Balaban J connectivity index is 1.78. The second-order valence-corrected chi connectivity index (χ2v) is 7.59. The molecule has 0 aliphatic carbocycles. The van der Waals surface area contributed by atoms with E-state index in [1.54, 1.807) is 0 Å². The number of furan rings is 1. The second kappa shape index (κ2) is 6.14. The molecule has 0 saturated carbocycles. The van der Waals surface area contributed by atoms with E-state index in [1.807, 2.05) is 12.1 Å². The summed E-state index contributed by atoms with van der Waals surface area (Å²) in [5.74, 6) is 0. The predicted octanol–water partition coefficient (Wildman–Crippen LogP) is 5.87. The molecular formula is C24H24N2O. The molecule has 4 aromatic rings. The van der Waals surface area contributed by atoms with Gasteiger partial charge in [0, 0.05) is 28.7 Å². The Morgan fingerprint density at radius 2 is 1.67 bits per heavy atom. The Bertz CT molecular complexity index is 1140. The molecule has 2 heterocycles. The lowest BCUT2D eigenvalue weighted by molar-refractivity contribution is 0.271. The van der Waals surface area contributed by atoms with Crippen LogP contribution in [-0.2, 0) is 6.42 Å². The third-order valence-corrected chi connectivity index (χ3v) is 5.95. The van der Waals surface area contributed by atoms with Gasteiger partial charge in [0.2, 0.25) is 0 Å². The van der Waals surface area contributed by atoms with Gasteiger partial charge in [0.25, 0.3) is 0 Å². The first-order valence-corrected chi connectivity index (χ1v) is 9.63. The molecule has 1 atom stereocenters. The number of anilines is 2. The lowest BCUT2D eigenvalue weighted by Crippen LogP contribution is -2.41. The fourth-order valence-corrected chi connectivity index (χ4v) is 4.29. The van der Waals surface area contributed by atoms with Gasteiger partial charge in [0.05, 0.1) is 6.17 Å². The minimum Gasteiger partial charge on any atom is -0.456 e. The average Bonchev–Trinajstić information content (AvgIpc) is 2.98. The van der Waals surface area contributed by atoms with Gasteiger partial charge in [-0.2, -0.15) is 0 Å². The molecule has 1 aromatic heterocycles. The number of nitrogens with zero attached hydrogens (tertiary/aromatic N) is 2. The third-order valence-electron chi connectivity index (χ3n) is 5.95.